The number of aromatic nitrogens is 3. The maximum atomic E-state index is 12.9. The van der Waals surface area contributed by atoms with Gasteiger partial charge >= 0.3 is 0 Å². The molecule has 2 aromatic heterocycles. The summed E-state index contributed by atoms with van der Waals surface area (Å²) in [7, 11) is -2.11. The first-order chi connectivity index (χ1) is 16.0. The highest BCUT2D eigenvalue weighted by Crippen LogP contribution is 2.32. The van der Waals surface area contributed by atoms with Crippen molar-refractivity contribution in [3.05, 3.63) is 46.9 Å². The highest BCUT2D eigenvalue weighted by Gasteiger charge is 2.31. The van der Waals surface area contributed by atoms with Crippen LogP contribution >= 0.6 is 0 Å². The van der Waals surface area contributed by atoms with Gasteiger partial charge in [0, 0.05) is 31.1 Å². The van der Waals surface area contributed by atoms with Crippen LogP contribution in [0.1, 0.15) is 33.2 Å². The zero-order chi connectivity index (χ0) is 24.7. The Balaban J connectivity index is 1.69. The lowest BCUT2D eigenvalue weighted by Gasteiger charge is -2.30. The average Bonchev–Trinajstić information content (AvgIpc) is 3.17. The van der Waals surface area contributed by atoms with E-state index in [0.717, 1.165) is 0 Å². The highest BCUT2D eigenvalue weighted by molar-refractivity contribution is 7.89. The number of nitrogens with zero attached hydrogens (tertiary/aromatic N) is 4. The minimum absolute atomic E-state index is 0.167. The molecule has 11 heteroatoms. The summed E-state index contributed by atoms with van der Waals surface area (Å²) >= 11 is 0. The normalized spacial score (nSPS) is 19.3. The fraction of sp³-hybridized carbons (Fsp3) is 0.435. The van der Waals surface area contributed by atoms with Gasteiger partial charge in [0.05, 0.1) is 35.0 Å². The summed E-state index contributed by atoms with van der Waals surface area (Å²) in [6.07, 6.45) is 2.14. The molecule has 3 aromatic rings. The van der Waals surface area contributed by atoms with Crippen LogP contribution in [0.2, 0.25) is 0 Å². The molecule has 0 saturated carbocycles. The second kappa shape index (κ2) is 8.87. The van der Waals surface area contributed by atoms with E-state index >= 15 is 0 Å². The summed E-state index contributed by atoms with van der Waals surface area (Å²) in [6.45, 7) is 6.32. The first kappa shape index (κ1) is 23.9. The number of anilines is 2. The summed E-state index contributed by atoms with van der Waals surface area (Å²) in [4.78, 5) is 15.5. The molecule has 0 radical (unpaired) electrons. The Morgan fingerprint density at radius 1 is 1.26 bits per heavy atom. The highest BCUT2D eigenvalue weighted by atomic mass is 32.2. The third-order valence-corrected chi connectivity index (χ3v) is 8.29. The molecule has 180 valence electrons. The molecule has 2 unspecified atom stereocenters. The number of rotatable bonds is 5. The van der Waals surface area contributed by atoms with E-state index < -0.39 is 15.6 Å². The predicted octanol–water partition coefficient (Wildman–Crippen LogP) is 2.99. The lowest BCUT2D eigenvalue weighted by Crippen LogP contribution is -2.42. The van der Waals surface area contributed by atoms with Gasteiger partial charge in [0.1, 0.15) is 5.39 Å². The van der Waals surface area contributed by atoms with E-state index in [0.29, 0.717) is 42.0 Å². The number of pyridine rings is 1. The summed E-state index contributed by atoms with van der Waals surface area (Å²) in [5, 5.41) is 17.7. The Kier molecular flexibility index (Phi) is 6.24. The zero-order valence-corrected chi connectivity index (χ0v) is 20.4. The number of sulfonamides is 1. The van der Waals surface area contributed by atoms with Crippen molar-refractivity contribution in [2.45, 2.75) is 43.7 Å². The lowest BCUT2D eigenvalue weighted by molar-refractivity contribution is 0.0359. The molecule has 0 spiro atoms. The number of H-pyrrole nitrogens is 1. The van der Waals surface area contributed by atoms with Crippen molar-refractivity contribution in [1.29, 1.82) is 5.26 Å². The maximum absolute atomic E-state index is 12.9. The molecule has 0 amide bonds. The minimum Gasteiger partial charge on any atom is -0.379 e. The molecule has 0 aliphatic carbocycles. The smallest absolute Gasteiger partial charge is 0.261 e. The topological polar surface area (TPSA) is 133 Å². The molecule has 1 aromatic carbocycles. The monoisotopic (exact) mass is 484 g/mol. The quantitative estimate of drug-likeness (QED) is 0.569. The van der Waals surface area contributed by atoms with Gasteiger partial charge in [0.15, 0.2) is 5.82 Å². The lowest BCUT2D eigenvalue weighted by atomic mass is 9.96. The van der Waals surface area contributed by atoms with Gasteiger partial charge in [-0.05, 0) is 57.5 Å². The first-order valence-electron chi connectivity index (χ1n) is 11.0. The molecule has 34 heavy (non-hydrogen) atoms. The van der Waals surface area contributed by atoms with Gasteiger partial charge in [-0.1, -0.05) is 0 Å². The zero-order valence-electron chi connectivity index (χ0n) is 19.6. The number of aromatic amines is 1. The number of nitriles is 1. The Hall–Kier alpha value is -3.20. The van der Waals surface area contributed by atoms with E-state index in [2.05, 4.69) is 21.5 Å². The molecule has 2 N–H and O–H groups in total. The molecule has 3 heterocycles. The summed E-state index contributed by atoms with van der Waals surface area (Å²) in [5.41, 5.74) is 0.284. The maximum Gasteiger partial charge on any atom is 0.261 e. The standard InChI is InChI=1S/C23H28N6O4S/c1-23(2,3)28(4)34(31,32)17-7-5-16(6-8-17)26-21-20-18(9-11-25-22(20)30)29(27-21)19-14-33-12-10-15(19)13-24/h5-9,11,15,19H,10,12,14H2,1-4H3,(H,25,30)(H,26,27). The second-order valence-electron chi connectivity index (χ2n) is 9.32. The molecule has 4 rings (SSSR count). The van der Waals surface area contributed by atoms with Crippen LogP contribution in [0.4, 0.5) is 11.5 Å². The van der Waals surface area contributed by atoms with Crippen molar-refractivity contribution in [2.75, 3.05) is 25.6 Å². The van der Waals surface area contributed by atoms with Crippen LogP contribution in [-0.4, -0.2) is 53.3 Å². The van der Waals surface area contributed by atoms with E-state index in [1.165, 1.54) is 16.4 Å². The van der Waals surface area contributed by atoms with Gasteiger partial charge in [0.2, 0.25) is 10.0 Å². The van der Waals surface area contributed by atoms with Crippen LogP contribution in [-0.2, 0) is 14.8 Å². The largest absolute Gasteiger partial charge is 0.379 e. The molecule has 2 atom stereocenters. The molecule has 10 nitrogen and oxygen atoms in total. The summed E-state index contributed by atoms with van der Waals surface area (Å²) in [6, 6.07) is 10.0. The molecule has 1 aliphatic heterocycles. The first-order valence-corrected chi connectivity index (χ1v) is 12.4. The van der Waals surface area contributed by atoms with Crippen LogP contribution in [0, 0.1) is 17.2 Å². The van der Waals surface area contributed by atoms with E-state index in [9.17, 15) is 18.5 Å². The van der Waals surface area contributed by atoms with Crippen molar-refractivity contribution in [2.24, 2.45) is 5.92 Å². The van der Waals surface area contributed by atoms with E-state index in [1.54, 1.807) is 36.1 Å². The molecule has 1 aliphatic rings. The number of fused-ring (bicyclic) bond motifs is 1. The Morgan fingerprint density at radius 3 is 2.62 bits per heavy atom. The van der Waals surface area contributed by atoms with Crippen molar-refractivity contribution < 1.29 is 13.2 Å². The van der Waals surface area contributed by atoms with Gasteiger partial charge < -0.3 is 15.0 Å². The van der Waals surface area contributed by atoms with Crippen molar-refractivity contribution in [1.82, 2.24) is 19.1 Å². The summed E-state index contributed by atoms with van der Waals surface area (Å²) < 4.78 is 34.4. The number of hydrogen-bond donors (Lipinski definition) is 2. The van der Waals surface area contributed by atoms with Crippen LogP contribution in [0.25, 0.3) is 10.9 Å². The number of benzene rings is 1. The van der Waals surface area contributed by atoms with Gasteiger partial charge in [-0.15, -0.1) is 0 Å². The Morgan fingerprint density at radius 2 is 1.97 bits per heavy atom. The summed E-state index contributed by atoms with van der Waals surface area (Å²) in [5.74, 6) is 0.0369. The van der Waals surface area contributed by atoms with Crippen LogP contribution in [0.3, 0.4) is 0 Å². The van der Waals surface area contributed by atoms with Crippen molar-refractivity contribution in [3.8, 4) is 6.07 Å². The fourth-order valence-corrected chi connectivity index (χ4v) is 5.44. The predicted molar refractivity (Wildman–Crippen MR) is 128 cm³/mol. The third-order valence-electron chi connectivity index (χ3n) is 6.16. The van der Waals surface area contributed by atoms with Gasteiger partial charge in [-0.3, -0.25) is 9.48 Å². The van der Waals surface area contributed by atoms with Gasteiger partial charge in [0.25, 0.3) is 5.56 Å². The molecular weight excluding hydrogens is 456 g/mol. The van der Waals surface area contributed by atoms with Crippen molar-refractivity contribution in [3.63, 3.8) is 0 Å². The van der Waals surface area contributed by atoms with E-state index in [1.807, 2.05) is 20.8 Å². The SMILES string of the molecule is CN(C(C)(C)C)S(=O)(=O)c1ccc(Nc2nn(C3COCCC3C#N)c3cc[nH]c(=O)c23)cc1. The molecule has 1 saturated heterocycles. The number of ether oxygens (including phenoxy) is 1. The van der Waals surface area contributed by atoms with E-state index in [4.69, 9.17) is 4.74 Å². The molecule has 0 bridgehead atoms. The van der Waals surface area contributed by atoms with Crippen LogP contribution in [0.5, 0.6) is 0 Å². The van der Waals surface area contributed by atoms with Gasteiger partial charge in [-0.25, -0.2) is 8.42 Å². The Labute approximate surface area is 198 Å². The number of hydrogen-bond acceptors (Lipinski definition) is 7. The molecular formula is C23H28N6O4S. The van der Waals surface area contributed by atoms with Gasteiger partial charge in [-0.2, -0.15) is 14.7 Å². The van der Waals surface area contributed by atoms with Crippen LogP contribution in [0.15, 0.2) is 46.2 Å². The minimum atomic E-state index is -3.66. The molecule has 1 fully saturated rings. The fourth-order valence-electron chi connectivity index (χ4n) is 3.92. The third kappa shape index (κ3) is 4.32. The second-order valence-corrected chi connectivity index (χ2v) is 11.3. The Bertz CT molecular complexity index is 1400. The average molecular weight is 485 g/mol. The van der Waals surface area contributed by atoms with Crippen LogP contribution < -0.4 is 10.9 Å². The van der Waals surface area contributed by atoms with Crippen molar-refractivity contribution >= 4 is 32.4 Å². The number of nitrogens with one attached hydrogen (secondary N) is 2. The van der Waals surface area contributed by atoms with E-state index in [-0.39, 0.29) is 22.4 Å².